The summed E-state index contributed by atoms with van der Waals surface area (Å²) in [6, 6.07) is 0. The van der Waals surface area contributed by atoms with E-state index < -0.39 is 32.5 Å². The van der Waals surface area contributed by atoms with Gasteiger partial charge in [-0.3, -0.25) is 14.1 Å². The molecular formula is C50H89O8P. The van der Waals surface area contributed by atoms with Gasteiger partial charge in [0.05, 0.1) is 6.61 Å². The summed E-state index contributed by atoms with van der Waals surface area (Å²) in [4.78, 5) is 43.0. The van der Waals surface area contributed by atoms with Gasteiger partial charge in [-0.15, -0.1) is 0 Å². The van der Waals surface area contributed by atoms with Crippen molar-refractivity contribution in [3.05, 3.63) is 60.8 Å². The molecule has 342 valence electrons. The zero-order chi connectivity index (χ0) is 43.2. The minimum Gasteiger partial charge on any atom is -0.462 e. The maximum atomic E-state index is 12.5. The Labute approximate surface area is 362 Å². The number of phosphoric ester groups is 1. The number of hydrogen-bond donors (Lipinski definition) is 2. The molecule has 2 N–H and O–H groups in total. The largest absolute Gasteiger partial charge is 0.469 e. The Hall–Kier alpha value is -2.25. The smallest absolute Gasteiger partial charge is 0.462 e. The van der Waals surface area contributed by atoms with Crippen molar-refractivity contribution in [3.63, 3.8) is 0 Å². The molecule has 0 amide bonds. The molecule has 0 saturated heterocycles. The SMILES string of the molecule is CCCCC/C=C/C/C=C/C/C=C/C/C=C/C/C=C/CCC(=O)OC[C@H](COP(=O)(O)O)OC(=O)CCCCCCCCCCCCCCCCCCCCCCCC. The average Bonchev–Trinajstić information content (AvgIpc) is 3.21. The summed E-state index contributed by atoms with van der Waals surface area (Å²) in [6.07, 6.45) is 58.2. The van der Waals surface area contributed by atoms with Gasteiger partial charge in [0, 0.05) is 12.8 Å². The van der Waals surface area contributed by atoms with E-state index in [1.54, 1.807) is 0 Å². The highest BCUT2D eigenvalue weighted by Gasteiger charge is 2.22. The van der Waals surface area contributed by atoms with Crippen LogP contribution in [0.25, 0.3) is 0 Å². The third-order valence-electron chi connectivity index (χ3n) is 10.3. The lowest BCUT2D eigenvalue weighted by molar-refractivity contribution is -0.161. The highest BCUT2D eigenvalue weighted by atomic mass is 31.2. The van der Waals surface area contributed by atoms with Gasteiger partial charge < -0.3 is 19.3 Å². The van der Waals surface area contributed by atoms with Crippen molar-refractivity contribution in [3.8, 4) is 0 Å². The highest BCUT2D eigenvalue weighted by Crippen LogP contribution is 2.36. The van der Waals surface area contributed by atoms with Crippen LogP contribution in [0, 0.1) is 0 Å². The fourth-order valence-electron chi connectivity index (χ4n) is 6.71. The monoisotopic (exact) mass is 849 g/mol. The van der Waals surface area contributed by atoms with Gasteiger partial charge in [-0.25, -0.2) is 4.57 Å². The Balaban J connectivity index is 3.93. The summed E-state index contributed by atoms with van der Waals surface area (Å²) in [5, 5.41) is 0. The van der Waals surface area contributed by atoms with Gasteiger partial charge in [0.15, 0.2) is 6.10 Å². The maximum absolute atomic E-state index is 12.5. The third-order valence-corrected chi connectivity index (χ3v) is 10.8. The Morgan fingerprint density at radius 1 is 0.441 bits per heavy atom. The summed E-state index contributed by atoms with van der Waals surface area (Å²) in [6.45, 7) is 3.62. The third kappa shape index (κ3) is 48.3. The van der Waals surface area contributed by atoms with E-state index in [-0.39, 0.29) is 19.4 Å². The number of carbonyl (C=O) groups is 2. The number of ether oxygens (including phenoxy) is 2. The lowest BCUT2D eigenvalue weighted by atomic mass is 10.0. The van der Waals surface area contributed by atoms with Gasteiger partial charge in [0.25, 0.3) is 0 Å². The minimum atomic E-state index is -4.78. The molecule has 1 atom stereocenters. The molecule has 0 aromatic carbocycles. The molecule has 59 heavy (non-hydrogen) atoms. The minimum absolute atomic E-state index is 0.143. The van der Waals surface area contributed by atoms with Gasteiger partial charge in [-0.2, -0.15) is 0 Å². The molecule has 0 aromatic rings. The van der Waals surface area contributed by atoms with Crippen molar-refractivity contribution in [2.45, 2.75) is 232 Å². The van der Waals surface area contributed by atoms with Crippen LogP contribution < -0.4 is 0 Å². The van der Waals surface area contributed by atoms with E-state index in [1.807, 2.05) is 12.2 Å². The van der Waals surface area contributed by atoms with Crippen LogP contribution >= 0.6 is 7.82 Å². The van der Waals surface area contributed by atoms with E-state index in [0.717, 1.165) is 44.9 Å². The summed E-state index contributed by atoms with van der Waals surface area (Å²) in [7, 11) is -4.78. The standard InChI is InChI=1S/C50H89O8P/c1-3-5-7-9-11-13-15-17-19-21-23-24-25-27-29-31-33-35-37-39-41-43-45-50(52)58-48(47-57-59(53,54)55)46-56-49(51)44-42-40-38-36-34-32-30-28-26-22-20-18-16-14-12-10-8-6-4-2/h12,14,18,20,26,28,32,34,38,40,48H,3-11,13,15-17,19,21-25,27,29-31,33,35-37,39,41-47H2,1-2H3,(H2,53,54,55)/b14-12+,20-18+,28-26+,34-32+,40-38+/t48-/m1/s1. The molecule has 0 spiro atoms. The first-order valence-corrected chi connectivity index (χ1v) is 25.6. The topological polar surface area (TPSA) is 119 Å². The normalized spacial score (nSPS) is 12.9. The number of phosphoric acid groups is 1. The van der Waals surface area contributed by atoms with Gasteiger partial charge in [-0.1, -0.05) is 222 Å². The van der Waals surface area contributed by atoms with E-state index in [2.05, 4.69) is 67.0 Å². The van der Waals surface area contributed by atoms with Crippen LogP contribution in [-0.2, 0) is 28.2 Å². The first-order chi connectivity index (χ1) is 28.8. The molecule has 0 aliphatic carbocycles. The Bertz CT molecular complexity index is 1140. The Morgan fingerprint density at radius 3 is 1.20 bits per heavy atom. The first-order valence-electron chi connectivity index (χ1n) is 24.1. The van der Waals surface area contributed by atoms with Crippen LogP contribution in [0.15, 0.2) is 60.8 Å². The summed E-state index contributed by atoms with van der Waals surface area (Å²) in [5.41, 5.74) is 0. The molecular weight excluding hydrogens is 760 g/mol. The van der Waals surface area contributed by atoms with Crippen molar-refractivity contribution in [2.75, 3.05) is 13.2 Å². The van der Waals surface area contributed by atoms with Gasteiger partial charge in [0.2, 0.25) is 0 Å². The van der Waals surface area contributed by atoms with Crippen molar-refractivity contribution < 1.29 is 37.9 Å². The Morgan fingerprint density at radius 2 is 0.797 bits per heavy atom. The lowest BCUT2D eigenvalue weighted by Gasteiger charge is -2.18. The van der Waals surface area contributed by atoms with Crippen LogP contribution in [0.1, 0.15) is 226 Å². The van der Waals surface area contributed by atoms with Gasteiger partial charge in [0.1, 0.15) is 6.61 Å². The average molecular weight is 849 g/mol. The molecule has 0 aliphatic heterocycles. The molecule has 0 fully saturated rings. The van der Waals surface area contributed by atoms with Gasteiger partial charge in [-0.05, 0) is 51.4 Å². The molecule has 0 unspecified atom stereocenters. The second-order valence-electron chi connectivity index (χ2n) is 16.1. The number of carbonyl (C=O) groups excluding carboxylic acids is 2. The number of unbranched alkanes of at least 4 members (excludes halogenated alkanes) is 24. The molecule has 0 aliphatic rings. The fourth-order valence-corrected chi connectivity index (χ4v) is 7.07. The molecule has 0 rings (SSSR count). The van der Waals surface area contributed by atoms with Crippen molar-refractivity contribution >= 4 is 19.8 Å². The van der Waals surface area contributed by atoms with Crippen LogP contribution in [0.2, 0.25) is 0 Å². The van der Waals surface area contributed by atoms with Crippen LogP contribution in [0.4, 0.5) is 0 Å². The second-order valence-corrected chi connectivity index (χ2v) is 17.3. The quantitative estimate of drug-likeness (QED) is 0.0269. The van der Waals surface area contributed by atoms with Crippen molar-refractivity contribution in [1.82, 2.24) is 0 Å². The summed E-state index contributed by atoms with van der Waals surface area (Å²) >= 11 is 0. The van der Waals surface area contributed by atoms with Crippen LogP contribution in [0.5, 0.6) is 0 Å². The van der Waals surface area contributed by atoms with E-state index >= 15 is 0 Å². The molecule has 0 saturated carbocycles. The molecule has 8 nitrogen and oxygen atoms in total. The maximum Gasteiger partial charge on any atom is 0.469 e. The number of allylic oxidation sites excluding steroid dienone is 10. The first kappa shape index (κ1) is 56.8. The zero-order valence-electron chi connectivity index (χ0n) is 37.9. The van der Waals surface area contributed by atoms with Gasteiger partial charge >= 0.3 is 19.8 Å². The molecule has 0 bridgehead atoms. The van der Waals surface area contributed by atoms with Crippen molar-refractivity contribution in [2.24, 2.45) is 0 Å². The highest BCUT2D eigenvalue weighted by molar-refractivity contribution is 7.46. The molecule has 0 radical (unpaired) electrons. The van der Waals surface area contributed by atoms with E-state index in [4.69, 9.17) is 19.3 Å². The van der Waals surface area contributed by atoms with Crippen LogP contribution in [-0.4, -0.2) is 41.0 Å². The van der Waals surface area contributed by atoms with E-state index in [0.29, 0.717) is 12.8 Å². The van der Waals surface area contributed by atoms with Crippen molar-refractivity contribution in [1.29, 1.82) is 0 Å². The zero-order valence-corrected chi connectivity index (χ0v) is 38.8. The number of esters is 2. The van der Waals surface area contributed by atoms with Crippen LogP contribution in [0.3, 0.4) is 0 Å². The molecule has 0 heterocycles. The Kier molecular flexibility index (Phi) is 43.6. The molecule has 9 heteroatoms. The second kappa shape index (κ2) is 45.3. The summed E-state index contributed by atoms with van der Waals surface area (Å²) < 4.78 is 26.4. The number of rotatable bonds is 44. The predicted octanol–water partition coefficient (Wildman–Crippen LogP) is 15.2. The van der Waals surface area contributed by atoms with E-state index in [9.17, 15) is 14.2 Å². The lowest BCUT2D eigenvalue weighted by Crippen LogP contribution is -2.29. The molecule has 0 aromatic heterocycles. The fraction of sp³-hybridized carbons (Fsp3) is 0.760. The predicted molar refractivity (Wildman–Crippen MR) is 248 cm³/mol. The number of hydrogen-bond acceptors (Lipinski definition) is 6. The summed E-state index contributed by atoms with van der Waals surface area (Å²) in [5.74, 6) is -0.975. The van der Waals surface area contributed by atoms with E-state index in [1.165, 1.54) is 141 Å².